The van der Waals surface area contributed by atoms with E-state index in [1.165, 1.54) is 0 Å². The number of aliphatic hydroxyl groups is 1. The molecule has 2 unspecified atom stereocenters. The molecule has 27 heavy (non-hydrogen) atoms. The molecule has 0 spiro atoms. The maximum atomic E-state index is 11.4. The Labute approximate surface area is 168 Å². The van der Waals surface area contributed by atoms with E-state index in [1.807, 2.05) is 32.0 Å². The number of carbonyl (C=O) groups excluding carboxylic acids is 1. The van der Waals surface area contributed by atoms with E-state index in [0.717, 1.165) is 22.0 Å². The molecule has 3 N–H and O–H groups in total. The van der Waals surface area contributed by atoms with E-state index in [9.17, 15) is 15.0 Å². The van der Waals surface area contributed by atoms with Crippen molar-refractivity contribution in [1.29, 1.82) is 0 Å². The number of ketones is 1. The molecular weight excluding hydrogens is 410 g/mol. The molecule has 0 saturated carbocycles. The minimum absolute atomic E-state index is 0.0661. The summed E-state index contributed by atoms with van der Waals surface area (Å²) in [5.74, 6) is 0.907. The van der Waals surface area contributed by atoms with Crippen molar-refractivity contribution in [3.63, 3.8) is 0 Å². The first-order chi connectivity index (χ1) is 12.9. The number of benzene rings is 2. The number of rotatable bonds is 10. The number of ether oxygens (including phenoxy) is 1. The van der Waals surface area contributed by atoms with Gasteiger partial charge in [0.1, 0.15) is 18.1 Å². The van der Waals surface area contributed by atoms with Crippen molar-refractivity contribution in [2.24, 2.45) is 0 Å². The Morgan fingerprint density at radius 3 is 2.56 bits per heavy atom. The number of phenols is 1. The van der Waals surface area contributed by atoms with Crippen LogP contribution in [0.5, 0.6) is 11.5 Å². The highest BCUT2D eigenvalue weighted by Crippen LogP contribution is 2.26. The van der Waals surface area contributed by atoms with Gasteiger partial charge >= 0.3 is 0 Å². The van der Waals surface area contributed by atoms with Crippen molar-refractivity contribution >= 4 is 21.7 Å². The van der Waals surface area contributed by atoms with Crippen molar-refractivity contribution in [3.8, 4) is 11.5 Å². The molecule has 5 nitrogen and oxygen atoms in total. The van der Waals surface area contributed by atoms with Crippen LogP contribution in [0.4, 0.5) is 0 Å². The summed E-state index contributed by atoms with van der Waals surface area (Å²) in [6.45, 7) is 4.53. The lowest BCUT2D eigenvalue weighted by Crippen LogP contribution is -2.33. The summed E-state index contributed by atoms with van der Waals surface area (Å²) < 4.78 is 6.33. The summed E-state index contributed by atoms with van der Waals surface area (Å²) in [4.78, 5) is 11.4. The molecule has 2 atom stereocenters. The number of phenolic OH excluding ortho intramolecular Hbond substituents is 1. The van der Waals surface area contributed by atoms with Gasteiger partial charge in [0.05, 0.1) is 10.6 Å². The van der Waals surface area contributed by atoms with Crippen LogP contribution in [-0.2, 0) is 11.2 Å². The molecule has 0 aliphatic carbocycles. The van der Waals surface area contributed by atoms with E-state index in [4.69, 9.17) is 4.74 Å². The van der Waals surface area contributed by atoms with Crippen LogP contribution in [0.2, 0.25) is 0 Å². The fourth-order valence-electron chi connectivity index (χ4n) is 2.59. The first-order valence-electron chi connectivity index (χ1n) is 9.04. The van der Waals surface area contributed by atoms with Crippen LogP contribution < -0.4 is 10.1 Å². The van der Waals surface area contributed by atoms with Crippen molar-refractivity contribution in [1.82, 2.24) is 5.32 Å². The number of carbonyl (C=O) groups is 1. The topological polar surface area (TPSA) is 78.8 Å². The Morgan fingerprint density at radius 1 is 1.22 bits per heavy atom. The Morgan fingerprint density at radius 2 is 1.93 bits per heavy atom. The van der Waals surface area contributed by atoms with Crippen LogP contribution in [0.3, 0.4) is 0 Å². The molecule has 146 valence electrons. The van der Waals surface area contributed by atoms with Gasteiger partial charge in [-0.05, 0) is 71.2 Å². The van der Waals surface area contributed by atoms with Gasteiger partial charge in [0.2, 0.25) is 0 Å². The largest absolute Gasteiger partial charge is 0.508 e. The van der Waals surface area contributed by atoms with Gasteiger partial charge < -0.3 is 20.3 Å². The third-order valence-corrected chi connectivity index (χ3v) is 4.99. The average Bonchev–Trinajstić information content (AvgIpc) is 2.67. The van der Waals surface area contributed by atoms with Gasteiger partial charge in [-0.15, -0.1) is 0 Å². The van der Waals surface area contributed by atoms with E-state index in [-0.39, 0.29) is 24.2 Å². The third kappa shape index (κ3) is 6.65. The molecule has 0 aliphatic heterocycles. The number of nitrogens with one attached hydrogen (secondary N) is 1. The zero-order valence-corrected chi connectivity index (χ0v) is 17.2. The molecule has 2 rings (SSSR count). The van der Waals surface area contributed by atoms with Gasteiger partial charge in [0.25, 0.3) is 0 Å². The van der Waals surface area contributed by atoms with Gasteiger partial charge in [0, 0.05) is 12.5 Å². The van der Waals surface area contributed by atoms with Crippen LogP contribution in [0.1, 0.15) is 37.5 Å². The zero-order valence-electron chi connectivity index (χ0n) is 15.6. The maximum Gasteiger partial charge on any atom is 0.169 e. The number of hydrogen-bond acceptors (Lipinski definition) is 5. The summed E-state index contributed by atoms with van der Waals surface area (Å²) in [5.41, 5.74) is 1.88. The van der Waals surface area contributed by atoms with Crippen LogP contribution in [0, 0.1) is 0 Å². The molecule has 0 bridgehead atoms. The van der Waals surface area contributed by atoms with Gasteiger partial charge in [-0.2, -0.15) is 0 Å². The van der Waals surface area contributed by atoms with Crippen molar-refractivity contribution in [2.75, 3.05) is 13.2 Å². The van der Waals surface area contributed by atoms with E-state index in [2.05, 4.69) is 21.2 Å². The Hall–Kier alpha value is -1.89. The average molecular weight is 436 g/mol. The standard InChI is InChI=1S/C21H26BrNO4/c1-3-17(24)13-27-20-9-4-15(12-19(20)22)10-11-23-14(2)21(26)16-5-7-18(25)8-6-16/h4-9,12,14,21,23,25-26H,3,10-11,13H2,1-2H3. The lowest BCUT2D eigenvalue weighted by atomic mass is 10.0. The molecule has 2 aromatic carbocycles. The van der Waals surface area contributed by atoms with Crippen molar-refractivity contribution < 1.29 is 19.7 Å². The highest BCUT2D eigenvalue weighted by atomic mass is 79.9. The molecule has 6 heteroatoms. The van der Waals surface area contributed by atoms with E-state index in [0.29, 0.717) is 18.7 Å². The fraction of sp³-hybridized carbons (Fsp3) is 0.381. The minimum Gasteiger partial charge on any atom is -0.508 e. The van der Waals surface area contributed by atoms with Crippen molar-refractivity contribution in [3.05, 3.63) is 58.1 Å². The molecule has 0 amide bonds. The van der Waals surface area contributed by atoms with Crippen LogP contribution >= 0.6 is 15.9 Å². The summed E-state index contributed by atoms with van der Waals surface area (Å²) >= 11 is 3.48. The summed E-state index contributed by atoms with van der Waals surface area (Å²) in [5, 5.41) is 23.0. The molecule has 0 aromatic heterocycles. The summed E-state index contributed by atoms with van der Waals surface area (Å²) in [6.07, 6.45) is 0.610. The number of Topliss-reactive ketones (excluding diaryl/α,β-unsaturated/α-hetero) is 1. The normalized spacial score (nSPS) is 13.2. The molecule has 0 fully saturated rings. The number of aliphatic hydroxyl groups excluding tert-OH is 1. The lowest BCUT2D eigenvalue weighted by molar-refractivity contribution is -0.120. The Bertz CT molecular complexity index is 748. The zero-order chi connectivity index (χ0) is 19.8. The predicted octanol–water partition coefficient (Wildman–Crippen LogP) is 3.77. The third-order valence-electron chi connectivity index (χ3n) is 4.37. The van der Waals surface area contributed by atoms with E-state index >= 15 is 0 Å². The van der Waals surface area contributed by atoms with Crippen LogP contribution in [0.15, 0.2) is 46.9 Å². The second kappa shape index (κ2) is 10.4. The van der Waals surface area contributed by atoms with Crippen LogP contribution in [-0.4, -0.2) is 35.2 Å². The summed E-state index contributed by atoms with van der Waals surface area (Å²) in [6, 6.07) is 12.3. The molecule has 0 saturated heterocycles. The van der Waals surface area contributed by atoms with Gasteiger partial charge in [-0.25, -0.2) is 0 Å². The second-order valence-electron chi connectivity index (χ2n) is 6.47. The van der Waals surface area contributed by atoms with E-state index in [1.54, 1.807) is 24.3 Å². The van der Waals surface area contributed by atoms with Gasteiger partial charge in [0.15, 0.2) is 5.78 Å². The Kier molecular flexibility index (Phi) is 8.28. The SMILES string of the molecule is CCC(=O)COc1ccc(CCNC(C)C(O)c2ccc(O)cc2)cc1Br. The number of halogens is 1. The van der Waals surface area contributed by atoms with Crippen molar-refractivity contribution in [2.45, 2.75) is 38.8 Å². The highest BCUT2D eigenvalue weighted by Gasteiger charge is 2.15. The van der Waals surface area contributed by atoms with Gasteiger partial charge in [-0.1, -0.05) is 25.1 Å². The molecule has 0 aliphatic rings. The molecular formula is C21H26BrNO4. The monoisotopic (exact) mass is 435 g/mol. The molecule has 0 radical (unpaired) electrons. The first-order valence-corrected chi connectivity index (χ1v) is 9.83. The molecule has 0 heterocycles. The second-order valence-corrected chi connectivity index (χ2v) is 7.33. The molecule has 2 aromatic rings. The summed E-state index contributed by atoms with van der Waals surface area (Å²) in [7, 11) is 0. The maximum absolute atomic E-state index is 11.4. The van der Waals surface area contributed by atoms with Crippen LogP contribution in [0.25, 0.3) is 0 Å². The predicted molar refractivity (Wildman–Crippen MR) is 109 cm³/mol. The highest BCUT2D eigenvalue weighted by molar-refractivity contribution is 9.10. The van der Waals surface area contributed by atoms with Gasteiger partial charge in [-0.3, -0.25) is 4.79 Å². The Balaban J connectivity index is 1.83. The fourth-order valence-corrected chi connectivity index (χ4v) is 3.13. The smallest absolute Gasteiger partial charge is 0.169 e. The number of aromatic hydroxyl groups is 1. The number of hydrogen-bond donors (Lipinski definition) is 3. The minimum atomic E-state index is -0.649. The quantitative estimate of drug-likeness (QED) is 0.529. The lowest BCUT2D eigenvalue weighted by Gasteiger charge is -2.21. The van der Waals surface area contributed by atoms with E-state index < -0.39 is 6.10 Å². The first kappa shape index (κ1) is 21.4.